The summed E-state index contributed by atoms with van der Waals surface area (Å²) < 4.78 is 0. The molecule has 1 aliphatic carbocycles. The highest BCUT2D eigenvalue weighted by Crippen LogP contribution is 2.30. The van der Waals surface area contributed by atoms with E-state index in [4.69, 9.17) is 5.73 Å². The molecule has 2 nitrogen and oxygen atoms in total. The summed E-state index contributed by atoms with van der Waals surface area (Å²) in [5, 5.41) is 0. The van der Waals surface area contributed by atoms with Crippen LogP contribution < -0.4 is 5.73 Å². The molecule has 0 bridgehead atoms. The maximum atomic E-state index is 11.3. The summed E-state index contributed by atoms with van der Waals surface area (Å²) in [6, 6.07) is -0.191. The third-order valence-corrected chi connectivity index (χ3v) is 2.32. The van der Waals surface area contributed by atoms with Crippen LogP contribution in [0, 0.1) is 5.41 Å². The molecule has 1 atom stereocenters. The molecule has 0 spiro atoms. The van der Waals surface area contributed by atoms with Crippen LogP contribution in [0.5, 0.6) is 0 Å². The van der Waals surface area contributed by atoms with Crippen LogP contribution in [0.2, 0.25) is 0 Å². The Morgan fingerprint density at radius 3 is 2.60 bits per heavy atom. The highest BCUT2D eigenvalue weighted by Gasteiger charge is 2.34. The van der Waals surface area contributed by atoms with Gasteiger partial charge in [0, 0.05) is 5.41 Å². The fraction of sp³-hybridized carbons (Fsp3) is 0.875. The lowest BCUT2D eigenvalue weighted by molar-refractivity contribution is -0.130. The monoisotopic (exact) mass is 141 g/mol. The zero-order valence-electron chi connectivity index (χ0n) is 6.68. The first kappa shape index (κ1) is 7.73. The molecule has 0 amide bonds. The smallest absolute Gasteiger partial charge is 0.155 e. The van der Waals surface area contributed by atoms with Gasteiger partial charge in [0.05, 0.1) is 6.04 Å². The molecule has 0 radical (unpaired) electrons. The molecule has 0 aliphatic heterocycles. The Kier molecular flexibility index (Phi) is 1.82. The highest BCUT2D eigenvalue weighted by atomic mass is 16.1. The Balaban J connectivity index is 2.70. The van der Waals surface area contributed by atoms with Gasteiger partial charge in [0.1, 0.15) is 0 Å². The Morgan fingerprint density at radius 2 is 2.20 bits per heavy atom. The Labute approximate surface area is 61.8 Å². The van der Waals surface area contributed by atoms with Gasteiger partial charge in [-0.05, 0) is 12.8 Å². The van der Waals surface area contributed by atoms with Gasteiger partial charge in [-0.1, -0.05) is 20.3 Å². The molecule has 0 aromatic rings. The van der Waals surface area contributed by atoms with Crippen LogP contribution in [0.25, 0.3) is 0 Å². The third-order valence-electron chi connectivity index (χ3n) is 2.32. The highest BCUT2D eigenvalue weighted by molar-refractivity contribution is 5.89. The second kappa shape index (κ2) is 2.35. The molecular weight excluding hydrogens is 126 g/mol. The van der Waals surface area contributed by atoms with Gasteiger partial charge in [0.25, 0.3) is 0 Å². The van der Waals surface area contributed by atoms with Gasteiger partial charge in [-0.3, -0.25) is 4.79 Å². The minimum atomic E-state index is -0.191. The van der Waals surface area contributed by atoms with Crippen molar-refractivity contribution >= 4 is 5.78 Å². The normalized spacial score (nSPS) is 32.3. The van der Waals surface area contributed by atoms with Gasteiger partial charge in [-0.25, -0.2) is 0 Å². The van der Waals surface area contributed by atoms with E-state index in [1.54, 1.807) is 0 Å². The van der Waals surface area contributed by atoms with Crippen LogP contribution in [0.1, 0.15) is 33.1 Å². The van der Waals surface area contributed by atoms with Gasteiger partial charge < -0.3 is 5.73 Å². The van der Waals surface area contributed by atoms with Gasteiger partial charge in [0.15, 0.2) is 5.78 Å². The van der Waals surface area contributed by atoms with E-state index < -0.39 is 0 Å². The molecule has 0 saturated heterocycles. The molecule has 2 heteroatoms. The SMILES string of the molecule is CC1(C)CCCC(N)C1=O. The first-order valence-electron chi connectivity index (χ1n) is 3.84. The van der Waals surface area contributed by atoms with Crippen molar-refractivity contribution in [3.05, 3.63) is 0 Å². The van der Waals surface area contributed by atoms with E-state index in [1.807, 2.05) is 13.8 Å². The van der Waals surface area contributed by atoms with Crippen LogP contribution in [0.3, 0.4) is 0 Å². The predicted molar refractivity (Wildman–Crippen MR) is 40.6 cm³/mol. The molecule has 2 N–H and O–H groups in total. The zero-order valence-corrected chi connectivity index (χ0v) is 6.68. The van der Waals surface area contributed by atoms with E-state index in [2.05, 4.69) is 0 Å². The van der Waals surface area contributed by atoms with Crippen molar-refractivity contribution in [2.45, 2.75) is 39.2 Å². The van der Waals surface area contributed by atoms with E-state index in [1.165, 1.54) is 0 Å². The minimum absolute atomic E-state index is 0.155. The fourth-order valence-corrected chi connectivity index (χ4v) is 1.52. The molecule has 1 aliphatic rings. The molecule has 1 fully saturated rings. The van der Waals surface area contributed by atoms with Crippen molar-refractivity contribution in [3.63, 3.8) is 0 Å². The van der Waals surface area contributed by atoms with E-state index in [9.17, 15) is 4.79 Å². The number of rotatable bonds is 0. The van der Waals surface area contributed by atoms with Crippen molar-refractivity contribution in [1.29, 1.82) is 0 Å². The van der Waals surface area contributed by atoms with Gasteiger partial charge in [0.2, 0.25) is 0 Å². The minimum Gasteiger partial charge on any atom is -0.321 e. The number of ketones is 1. The molecule has 58 valence electrons. The molecular formula is C8H15NO. The second-order valence-electron chi connectivity index (χ2n) is 3.75. The largest absolute Gasteiger partial charge is 0.321 e. The number of carbonyl (C=O) groups is 1. The summed E-state index contributed by atoms with van der Waals surface area (Å²) in [4.78, 5) is 11.3. The van der Waals surface area contributed by atoms with Crippen LogP contribution >= 0.6 is 0 Å². The number of carbonyl (C=O) groups excluding carboxylic acids is 1. The summed E-state index contributed by atoms with van der Waals surface area (Å²) in [5.74, 6) is 0.235. The van der Waals surface area contributed by atoms with Crippen molar-refractivity contribution in [3.8, 4) is 0 Å². The van der Waals surface area contributed by atoms with Crippen LogP contribution in [-0.2, 0) is 4.79 Å². The van der Waals surface area contributed by atoms with Gasteiger partial charge in [-0.2, -0.15) is 0 Å². The van der Waals surface area contributed by atoms with Crippen molar-refractivity contribution in [2.24, 2.45) is 11.1 Å². The van der Waals surface area contributed by atoms with Gasteiger partial charge in [-0.15, -0.1) is 0 Å². The van der Waals surface area contributed by atoms with E-state index in [0.717, 1.165) is 19.3 Å². The summed E-state index contributed by atoms with van der Waals surface area (Å²) in [6.07, 6.45) is 2.97. The first-order chi connectivity index (χ1) is 4.54. The summed E-state index contributed by atoms with van der Waals surface area (Å²) >= 11 is 0. The van der Waals surface area contributed by atoms with Crippen LogP contribution in [-0.4, -0.2) is 11.8 Å². The third kappa shape index (κ3) is 1.21. The average Bonchev–Trinajstić information content (AvgIpc) is 1.83. The Morgan fingerprint density at radius 1 is 1.60 bits per heavy atom. The van der Waals surface area contributed by atoms with E-state index >= 15 is 0 Å². The quantitative estimate of drug-likeness (QED) is 0.548. The second-order valence-corrected chi connectivity index (χ2v) is 3.75. The average molecular weight is 141 g/mol. The Bertz CT molecular complexity index is 151. The molecule has 0 aromatic heterocycles. The summed E-state index contributed by atoms with van der Waals surface area (Å²) in [7, 11) is 0. The molecule has 0 heterocycles. The van der Waals surface area contributed by atoms with Gasteiger partial charge >= 0.3 is 0 Å². The molecule has 10 heavy (non-hydrogen) atoms. The molecule has 1 saturated carbocycles. The Hall–Kier alpha value is -0.370. The summed E-state index contributed by atoms with van der Waals surface area (Å²) in [6.45, 7) is 3.96. The van der Waals surface area contributed by atoms with E-state index in [0.29, 0.717) is 0 Å². The molecule has 1 rings (SSSR count). The fourth-order valence-electron chi connectivity index (χ4n) is 1.52. The zero-order chi connectivity index (χ0) is 7.78. The number of hydrogen-bond donors (Lipinski definition) is 1. The number of nitrogens with two attached hydrogens (primary N) is 1. The maximum absolute atomic E-state index is 11.3. The lowest BCUT2D eigenvalue weighted by Gasteiger charge is -2.31. The standard InChI is InChI=1S/C8H15NO/c1-8(2)5-3-4-6(9)7(8)10/h6H,3-5,9H2,1-2H3. The molecule has 1 unspecified atom stereocenters. The number of Topliss-reactive ketones (excluding diaryl/α,β-unsaturated/α-hetero) is 1. The van der Waals surface area contributed by atoms with Crippen molar-refractivity contribution in [2.75, 3.05) is 0 Å². The maximum Gasteiger partial charge on any atom is 0.155 e. The van der Waals surface area contributed by atoms with Crippen molar-refractivity contribution in [1.82, 2.24) is 0 Å². The topological polar surface area (TPSA) is 43.1 Å². The first-order valence-corrected chi connectivity index (χ1v) is 3.84. The van der Waals surface area contributed by atoms with Crippen LogP contribution in [0.15, 0.2) is 0 Å². The summed E-state index contributed by atoms with van der Waals surface area (Å²) in [5.41, 5.74) is 5.45. The predicted octanol–water partition coefficient (Wildman–Crippen LogP) is 1.09. The van der Waals surface area contributed by atoms with E-state index in [-0.39, 0.29) is 17.2 Å². The lowest BCUT2D eigenvalue weighted by Crippen LogP contribution is -2.43. The van der Waals surface area contributed by atoms with Crippen LogP contribution in [0.4, 0.5) is 0 Å². The number of hydrogen-bond acceptors (Lipinski definition) is 2. The van der Waals surface area contributed by atoms with Crippen molar-refractivity contribution < 1.29 is 4.79 Å². The molecule has 0 aromatic carbocycles. The lowest BCUT2D eigenvalue weighted by atomic mass is 9.74.